The third-order valence-electron chi connectivity index (χ3n) is 3.33. The Hall–Kier alpha value is -3.36. The number of anilines is 2. The first-order valence-electron chi connectivity index (χ1n) is 8.17. The van der Waals surface area contributed by atoms with Crippen molar-refractivity contribution in [2.24, 2.45) is 4.99 Å². The molecule has 2 aromatic rings. The number of phenols is 2. The van der Waals surface area contributed by atoms with Gasteiger partial charge in [-0.2, -0.15) is 0 Å². The zero-order chi connectivity index (χ0) is 21.8. The molecule has 3 rings (SSSR count). The van der Waals surface area contributed by atoms with E-state index in [4.69, 9.17) is 27.5 Å². The molecule has 0 unspecified atom stereocenters. The van der Waals surface area contributed by atoms with E-state index in [0.29, 0.717) is 36.9 Å². The van der Waals surface area contributed by atoms with Crippen LogP contribution in [0.3, 0.4) is 0 Å². The number of carbonyl (C=O) groups excluding carboxylic acids is 2. The number of nitrogens with zero attached hydrogens (tertiary/aromatic N) is 2. The highest BCUT2D eigenvalue weighted by Crippen LogP contribution is 2.23. The summed E-state index contributed by atoms with van der Waals surface area (Å²) in [5.74, 6) is -1.79. The Morgan fingerprint density at radius 1 is 1.17 bits per heavy atom. The van der Waals surface area contributed by atoms with Crippen molar-refractivity contribution < 1.29 is 28.6 Å². The quantitative estimate of drug-likeness (QED) is 0.196. The molecule has 2 amide bonds. The summed E-state index contributed by atoms with van der Waals surface area (Å²) in [6, 6.07) is 7.34. The van der Waals surface area contributed by atoms with Crippen molar-refractivity contribution in [1.82, 2.24) is 5.32 Å². The van der Waals surface area contributed by atoms with E-state index in [1.54, 1.807) is 0 Å². The number of amides is 2. The first-order chi connectivity index (χ1) is 13.8. The zero-order valence-corrected chi connectivity index (χ0v) is 15.9. The Bertz CT molecular complexity index is 879. The van der Waals surface area contributed by atoms with Gasteiger partial charge in [0.2, 0.25) is 6.08 Å². The summed E-state index contributed by atoms with van der Waals surface area (Å²) in [4.78, 5) is 25.0. The van der Waals surface area contributed by atoms with Gasteiger partial charge in [0.25, 0.3) is 0 Å². The van der Waals surface area contributed by atoms with Gasteiger partial charge < -0.3 is 21.3 Å². The molecule has 5 N–H and O–H groups in total. The molecule has 2 aromatic carbocycles. The fraction of sp³-hybridized carbons (Fsp3) is 0.222. The molecule has 1 aliphatic heterocycles. The third kappa shape index (κ3) is 8.04. The summed E-state index contributed by atoms with van der Waals surface area (Å²) < 4.78 is 25.2. The van der Waals surface area contributed by atoms with Crippen LogP contribution in [-0.2, 0) is 4.79 Å². The van der Waals surface area contributed by atoms with E-state index in [1.165, 1.54) is 35.2 Å². The van der Waals surface area contributed by atoms with E-state index >= 15 is 0 Å². The summed E-state index contributed by atoms with van der Waals surface area (Å²) in [7, 11) is 0. The molecule has 0 saturated carbocycles. The van der Waals surface area contributed by atoms with Gasteiger partial charge >= 0.3 is 6.03 Å². The van der Waals surface area contributed by atoms with Crippen LogP contribution in [0.2, 0.25) is 0 Å². The number of aromatic hydroxyl groups is 2. The number of nitrogens with two attached hydrogens (primary N) is 1. The van der Waals surface area contributed by atoms with Gasteiger partial charge in [0.1, 0.15) is 0 Å². The molecule has 8 nitrogen and oxygen atoms in total. The molecule has 0 spiro atoms. The molecule has 0 atom stereocenters. The van der Waals surface area contributed by atoms with Crippen molar-refractivity contribution in [3.05, 3.63) is 48.0 Å². The maximum Gasteiger partial charge on any atom is 0.321 e. The van der Waals surface area contributed by atoms with Gasteiger partial charge in [-0.1, -0.05) is 0 Å². The van der Waals surface area contributed by atoms with Crippen molar-refractivity contribution in [2.75, 3.05) is 36.1 Å². The van der Waals surface area contributed by atoms with E-state index in [2.05, 4.69) is 10.3 Å². The van der Waals surface area contributed by atoms with Gasteiger partial charge in [-0.05, 0) is 24.3 Å². The lowest BCUT2D eigenvalue weighted by Crippen LogP contribution is -2.27. The van der Waals surface area contributed by atoms with E-state index in [1.807, 2.05) is 0 Å². The zero-order valence-electron chi connectivity index (χ0n) is 15.1. The molecule has 1 aliphatic rings. The van der Waals surface area contributed by atoms with E-state index in [9.17, 15) is 18.4 Å². The maximum absolute atomic E-state index is 13.0. The third-order valence-corrected chi connectivity index (χ3v) is 3.50. The molecule has 1 saturated heterocycles. The highest BCUT2D eigenvalue weighted by Gasteiger charge is 2.21. The molecule has 29 heavy (non-hydrogen) atoms. The van der Waals surface area contributed by atoms with Crippen molar-refractivity contribution >= 4 is 35.1 Å². The second-order valence-corrected chi connectivity index (χ2v) is 5.77. The molecule has 0 aromatic heterocycles. The van der Waals surface area contributed by atoms with Crippen LogP contribution in [0.1, 0.15) is 0 Å². The fourth-order valence-corrected chi connectivity index (χ4v) is 2.08. The number of isocyanates is 1. The Morgan fingerprint density at radius 3 is 2.21 bits per heavy atom. The number of urea groups is 1. The number of phenolic OH excluding ortho intramolecular Hbond substituents is 2. The van der Waals surface area contributed by atoms with Crippen molar-refractivity contribution in [3.63, 3.8) is 0 Å². The number of benzene rings is 2. The number of carbonyl (C=O) groups is 1. The average molecular weight is 429 g/mol. The SMILES string of the molecule is Nc1ccc(O)c(F)c1.O=C1NCCN1c1ccc(O)c(F)c1.O=C=NCCCl. The second-order valence-electron chi connectivity index (χ2n) is 5.39. The van der Waals surface area contributed by atoms with Crippen molar-refractivity contribution in [1.29, 1.82) is 0 Å². The molecule has 0 bridgehead atoms. The fourth-order valence-electron chi connectivity index (χ4n) is 1.99. The standard InChI is InChI=1S/C9H9FN2O2.C6H6FNO.C3H4ClNO/c10-7-5-6(1-2-8(7)13)12-4-3-11-9(12)14;7-5-3-4(8)1-2-6(5)9;4-1-2-5-3-6/h1-2,5,13H,3-4H2,(H,11,14);1-3,9H,8H2;1-2H2. The number of nitrogen functional groups attached to an aromatic ring is 1. The lowest BCUT2D eigenvalue weighted by Gasteiger charge is -2.13. The lowest BCUT2D eigenvalue weighted by molar-refractivity contribution is 0.252. The summed E-state index contributed by atoms with van der Waals surface area (Å²) in [6.45, 7) is 1.45. The number of halogens is 3. The molecule has 1 fully saturated rings. The summed E-state index contributed by atoms with van der Waals surface area (Å²) in [6.07, 6.45) is 1.36. The average Bonchev–Trinajstić information content (AvgIpc) is 3.12. The normalized spacial score (nSPS) is 12.0. The predicted molar refractivity (Wildman–Crippen MR) is 105 cm³/mol. The van der Waals surface area contributed by atoms with Gasteiger partial charge in [0.05, 0.1) is 6.54 Å². The first-order valence-corrected chi connectivity index (χ1v) is 8.71. The van der Waals surface area contributed by atoms with E-state index in [-0.39, 0.29) is 11.8 Å². The van der Waals surface area contributed by atoms with Gasteiger partial charge in [0, 0.05) is 42.5 Å². The molecule has 156 valence electrons. The van der Waals surface area contributed by atoms with Crippen LogP contribution in [0.5, 0.6) is 11.5 Å². The highest BCUT2D eigenvalue weighted by molar-refractivity contribution is 6.18. The predicted octanol–water partition coefficient (Wildman–Crippen LogP) is 2.74. The second kappa shape index (κ2) is 12.2. The first kappa shape index (κ1) is 23.7. The molecular weight excluding hydrogens is 410 g/mol. The van der Waals surface area contributed by atoms with Crippen LogP contribution >= 0.6 is 11.6 Å². The number of hydrogen-bond acceptors (Lipinski definition) is 6. The molecule has 11 heteroatoms. The minimum Gasteiger partial charge on any atom is -0.505 e. The van der Waals surface area contributed by atoms with Crippen LogP contribution in [0.4, 0.5) is 25.0 Å². The molecule has 0 aliphatic carbocycles. The largest absolute Gasteiger partial charge is 0.505 e. The van der Waals surface area contributed by atoms with Gasteiger partial charge in [-0.25, -0.2) is 23.4 Å². The van der Waals surface area contributed by atoms with Gasteiger partial charge in [-0.3, -0.25) is 4.90 Å². The maximum atomic E-state index is 13.0. The van der Waals surface area contributed by atoms with E-state index in [0.717, 1.165) is 12.1 Å². The number of nitrogens with one attached hydrogen (secondary N) is 1. The van der Waals surface area contributed by atoms with Crippen molar-refractivity contribution in [2.45, 2.75) is 0 Å². The number of alkyl halides is 1. The topological polar surface area (TPSA) is 128 Å². The Labute approximate surface area is 170 Å². The van der Waals surface area contributed by atoms with Crippen LogP contribution in [0, 0.1) is 11.6 Å². The van der Waals surface area contributed by atoms with Crippen LogP contribution in [0.25, 0.3) is 0 Å². The molecular formula is C18H19ClF2N4O4. The Kier molecular flexibility index (Phi) is 9.94. The van der Waals surface area contributed by atoms with E-state index < -0.39 is 17.4 Å². The van der Waals surface area contributed by atoms with Gasteiger partial charge in [0.15, 0.2) is 23.1 Å². The van der Waals surface area contributed by atoms with Crippen LogP contribution < -0.4 is 16.0 Å². The monoisotopic (exact) mass is 428 g/mol. The van der Waals surface area contributed by atoms with Gasteiger partial charge in [-0.15, -0.1) is 11.6 Å². The summed E-state index contributed by atoms with van der Waals surface area (Å²) >= 11 is 5.11. The number of rotatable bonds is 3. The van der Waals surface area contributed by atoms with Crippen LogP contribution in [0.15, 0.2) is 41.4 Å². The number of aliphatic imine (C=N–C) groups is 1. The Balaban J connectivity index is 0.000000242. The lowest BCUT2D eigenvalue weighted by atomic mass is 10.2. The smallest absolute Gasteiger partial charge is 0.321 e. The summed E-state index contributed by atoms with van der Waals surface area (Å²) in [5.41, 5.74) is 5.94. The summed E-state index contributed by atoms with van der Waals surface area (Å²) in [5, 5.41) is 20.2. The Morgan fingerprint density at radius 2 is 1.79 bits per heavy atom. The molecule has 0 radical (unpaired) electrons. The van der Waals surface area contributed by atoms with Crippen molar-refractivity contribution in [3.8, 4) is 11.5 Å². The van der Waals surface area contributed by atoms with Crippen LogP contribution in [-0.4, -0.2) is 47.8 Å². The molecule has 1 heterocycles. The highest BCUT2D eigenvalue weighted by atomic mass is 35.5. The number of hydrogen-bond donors (Lipinski definition) is 4. The minimum absolute atomic E-state index is 0.241. The minimum atomic E-state index is -0.720.